The summed E-state index contributed by atoms with van der Waals surface area (Å²) in [5.74, 6) is -0.494. The fourth-order valence-electron chi connectivity index (χ4n) is 2.34. The molecule has 6 nitrogen and oxygen atoms in total. The predicted octanol–water partition coefficient (Wildman–Crippen LogP) is 3.47. The number of anilines is 1. The minimum Gasteiger partial charge on any atom is -0.494 e. The number of alkyl halides is 3. The number of carbonyl (C=O) groups excluding carboxylic acids is 1. The Labute approximate surface area is 160 Å². The van der Waals surface area contributed by atoms with E-state index in [1.54, 1.807) is 6.92 Å². The number of benzene rings is 2. The number of hydrogen-bond donors (Lipinski definition) is 0. The molecule has 0 aliphatic rings. The normalized spacial score (nSPS) is 11.8. The Hall–Kier alpha value is -2.75. The van der Waals surface area contributed by atoms with Gasteiger partial charge in [0.15, 0.2) is 0 Å². The summed E-state index contributed by atoms with van der Waals surface area (Å²) in [6.07, 6.45) is -4.67. The Balaban J connectivity index is 2.52. The molecule has 2 rings (SSSR count). The number of hydrogen-bond acceptors (Lipinski definition) is 5. The first-order valence-corrected chi connectivity index (χ1v) is 9.53. The van der Waals surface area contributed by atoms with Crippen molar-refractivity contribution in [1.82, 2.24) is 0 Å². The molecule has 0 aliphatic heterocycles. The van der Waals surface area contributed by atoms with E-state index in [4.69, 9.17) is 4.74 Å². The minimum absolute atomic E-state index is 0.211. The molecule has 0 N–H and O–H groups in total. The molecule has 0 heterocycles. The molecular weight excluding hydrogens is 399 g/mol. The lowest BCUT2D eigenvalue weighted by Crippen LogP contribution is -2.36. The SMILES string of the molecule is CCOc1ccc(S(=O)(=O)N(CC(=O)OC)c2cccc(C(F)(F)F)c2)cc1. The Kier molecular flexibility index (Phi) is 6.55. The van der Waals surface area contributed by atoms with E-state index in [0.717, 1.165) is 19.2 Å². The van der Waals surface area contributed by atoms with E-state index in [1.165, 1.54) is 30.3 Å². The molecule has 0 spiro atoms. The van der Waals surface area contributed by atoms with Gasteiger partial charge in [-0.1, -0.05) is 6.07 Å². The number of rotatable bonds is 7. The predicted molar refractivity (Wildman–Crippen MR) is 95.6 cm³/mol. The van der Waals surface area contributed by atoms with Gasteiger partial charge in [0.25, 0.3) is 10.0 Å². The van der Waals surface area contributed by atoms with E-state index in [-0.39, 0.29) is 10.6 Å². The molecule has 10 heteroatoms. The van der Waals surface area contributed by atoms with Gasteiger partial charge in [0.05, 0.1) is 29.9 Å². The first kappa shape index (κ1) is 21.5. The highest BCUT2D eigenvalue weighted by Crippen LogP contribution is 2.33. The Morgan fingerprint density at radius 3 is 2.29 bits per heavy atom. The van der Waals surface area contributed by atoms with Gasteiger partial charge in [-0.3, -0.25) is 9.10 Å². The van der Waals surface area contributed by atoms with Crippen molar-refractivity contribution in [2.24, 2.45) is 0 Å². The van der Waals surface area contributed by atoms with E-state index < -0.39 is 34.3 Å². The number of carbonyl (C=O) groups is 1. The second kappa shape index (κ2) is 8.51. The highest BCUT2D eigenvalue weighted by Gasteiger charge is 2.33. The molecule has 0 unspecified atom stereocenters. The smallest absolute Gasteiger partial charge is 0.416 e. The van der Waals surface area contributed by atoms with Crippen LogP contribution in [0.25, 0.3) is 0 Å². The molecule has 0 aromatic heterocycles. The zero-order chi connectivity index (χ0) is 20.9. The highest BCUT2D eigenvalue weighted by atomic mass is 32.2. The molecule has 0 amide bonds. The molecule has 0 aliphatic carbocycles. The summed E-state index contributed by atoms with van der Waals surface area (Å²) in [5.41, 5.74) is -1.35. The van der Waals surface area contributed by atoms with Crippen LogP contribution in [-0.2, 0) is 25.7 Å². The minimum atomic E-state index is -4.67. The fraction of sp³-hybridized carbons (Fsp3) is 0.278. The number of methoxy groups -OCH3 is 1. The van der Waals surface area contributed by atoms with Crippen molar-refractivity contribution in [3.63, 3.8) is 0 Å². The summed E-state index contributed by atoms with van der Waals surface area (Å²) in [6, 6.07) is 9.03. The van der Waals surface area contributed by atoms with E-state index in [9.17, 15) is 26.4 Å². The zero-order valence-corrected chi connectivity index (χ0v) is 15.9. The van der Waals surface area contributed by atoms with E-state index in [2.05, 4.69) is 4.74 Å². The van der Waals surface area contributed by atoms with Crippen molar-refractivity contribution in [2.45, 2.75) is 18.0 Å². The maximum absolute atomic E-state index is 13.0. The summed E-state index contributed by atoms with van der Waals surface area (Å²) < 4.78 is 75.4. The molecule has 0 saturated heterocycles. The molecule has 2 aromatic carbocycles. The van der Waals surface area contributed by atoms with E-state index in [1.807, 2.05) is 0 Å². The van der Waals surface area contributed by atoms with Crippen LogP contribution in [-0.4, -0.2) is 34.6 Å². The summed E-state index contributed by atoms with van der Waals surface area (Å²) in [4.78, 5) is 11.5. The third-order valence-corrected chi connectivity index (χ3v) is 5.47. The van der Waals surface area contributed by atoms with Gasteiger partial charge in [0.1, 0.15) is 12.3 Å². The maximum atomic E-state index is 13.0. The van der Waals surface area contributed by atoms with Crippen LogP contribution in [0.5, 0.6) is 5.75 Å². The van der Waals surface area contributed by atoms with E-state index >= 15 is 0 Å². The number of esters is 1. The van der Waals surface area contributed by atoms with Crippen LogP contribution in [0.1, 0.15) is 12.5 Å². The molecule has 28 heavy (non-hydrogen) atoms. The third kappa shape index (κ3) is 4.94. The summed E-state index contributed by atoms with van der Waals surface area (Å²) >= 11 is 0. The average molecular weight is 417 g/mol. The largest absolute Gasteiger partial charge is 0.494 e. The molecule has 2 aromatic rings. The average Bonchev–Trinajstić information content (AvgIpc) is 2.66. The first-order valence-electron chi connectivity index (χ1n) is 8.09. The van der Waals surface area contributed by atoms with Gasteiger partial charge in [-0.25, -0.2) is 8.42 Å². The lowest BCUT2D eigenvalue weighted by atomic mass is 10.2. The number of sulfonamides is 1. The number of ether oxygens (including phenoxy) is 2. The molecule has 0 bridgehead atoms. The first-order chi connectivity index (χ1) is 13.1. The molecule has 0 saturated carbocycles. The van der Waals surface area contributed by atoms with Crippen LogP contribution in [0.4, 0.5) is 18.9 Å². The summed E-state index contributed by atoms with van der Waals surface area (Å²) in [6.45, 7) is 1.36. The molecular formula is C18H18F3NO5S. The summed E-state index contributed by atoms with van der Waals surface area (Å²) in [7, 11) is -3.29. The van der Waals surface area contributed by atoms with Gasteiger partial charge in [0.2, 0.25) is 0 Å². The fourth-order valence-corrected chi connectivity index (χ4v) is 3.74. The Bertz CT molecular complexity index is 927. The van der Waals surface area contributed by atoms with Crippen LogP contribution in [0, 0.1) is 0 Å². The second-order valence-electron chi connectivity index (χ2n) is 5.54. The monoisotopic (exact) mass is 417 g/mol. The number of nitrogens with zero attached hydrogens (tertiary/aromatic N) is 1. The van der Waals surface area contributed by atoms with Crippen LogP contribution in [0.15, 0.2) is 53.4 Å². The maximum Gasteiger partial charge on any atom is 0.416 e. The lowest BCUT2D eigenvalue weighted by molar-refractivity contribution is -0.139. The van der Waals surface area contributed by atoms with Gasteiger partial charge in [-0.05, 0) is 49.4 Å². The van der Waals surface area contributed by atoms with Crippen molar-refractivity contribution in [3.05, 3.63) is 54.1 Å². The van der Waals surface area contributed by atoms with Crippen molar-refractivity contribution in [1.29, 1.82) is 0 Å². The van der Waals surface area contributed by atoms with Crippen LogP contribution in [0.3, 0.4) is 0 Å². The van der Waals surface area contributed by atoms with Gasteiger partial charge in [-0.2, -0.15) is 13.2 Å². The van der Waals surface area contributed by atoms with Crippen LogP contribution < -0.4 is 9.04 Å². The standard InChI is InChI=1S/C18H18F3NO5S/c1-3-27-15-7-9-16(10-8-15)28(24,25)22(12-17(23)26-2)14-6-4-5-13(11-14)18(19,20)21/h4-11H,3,12H2,1-2H3. The van der Waals surface area contributed by atoms with Gasteiger partial charge < -0.3 is 9.47 Å². The van der Waals surface area contributed by atoms with Gasteiger partial charge in [-0.15, -0.1) is 0 Å². The highest BCUT2D eigenvalue weighted by molar-refractivity contribution is 7.92. The Morgan fingerprint density at radius 2 is 1.75 bits per heavy atom. The lowest BCUT2D eigenvalue weighted by Gasteiger charge is -2.24. The van der Waals surface area contributed by atoms with E-state index in [0.29, 0.717) is 22.7 Å². The molecule has 0 radical (unpaired) electrons. The number of halogens is 3. The second-order valence-corrected chi connectivity index (χ2v) is 7.40. The third-order valence-electron chi connectivity index (χ3n) is 3.68. The van der Waals surface area contributed by atoms with Crippen molar-refractivity contribution in [3.8, 4) is 5.75 Å². The Morgan fingerprint density at radius 1 is 1.11 bits per heavy atom. The molecule has 0 fully saturated rings. The topological polar surface area (TPSA) is 72.9 Å². The van der Waals surface area contributed by atoms with Crippen molar-refractivity contribution < 1.29 is 35.9 Å². The van der Waals surface area contributed by atoms with Crippen molar-refractivity contribution in [2.75, 3.05) is 24.6 Å². The van der Waals surface area contributed by atoms with Crippen molar-refractivity contribution >= 4 is 21.7 Å². The van der Waals surface area contributed by atoms with Crippen LogP contribution >= 0.6 is 0 Å². The van der Waals surface area contributed by atoms with Gasteiger partial charge in [0, 0.05) is 0 Å². The van der Waals surface area contributed by atoms with Gasteiger partial charge >= 0.3 is 12.1 Å². The zero-order valence-electron chi connectivity index (χ0n) is 15.1. The molecule has 152 valence electrons. The molecule has 0 atom stereocenters. The summed E-state index contributed by atoms with van der Waals surface area (Å²) in [5, 5.41) is 0. The quantitative estimate of drug-likeness (QED) is 0.645. The van der Waals surface area contributed by atoms with Crippen LogP contribution in [0.2, 0.25) is 0 Å².